The molecule has 0 aliphatic carbocycles. The number of benzene rings is 1. The van der Waals surface area contributed by atoms with Gasteiger partial charge in [-0.1, -0.05) is 23.7 Å². The average molecular weight is 268 g/mol. The molecule has 1 aliphatic heterocycles. The maximum absolute atomic E-state index is 12.1. The molecule has 96 valence electrons. The molecule has 1 aliphatic rings. The molecule has 1 aromatic carbocycles. The number of likely N-dealkylation sites (tertiary alicyclic amines) is 1. The third-order valence-electron chi connectivity index (χ3n) is 3.10. The van der Waals surface area contributed by atoms with Crippen molar-refractivity contribution in [1.82, 2.24) is 4.90 Å². The molecule has 1 atom stereocenters. The topological polar surface area (TPSA) is 57.6 Å². The highest BCUT2D eigenvalue weighted by Gasteiger charge is 2.33. The summed E-state index contributed by atoms with van der Waals surface area (Å²) in [5.74, 6) is -1.07. The Kier molecular flexibility index (Phi) is 3.87. The zero-order valence-corrected chi connectivity index (χ0v) is 10.6. The summed E-state index contributed by atoms with van der Waals surface area (Å²) in [6.07, 6.45) is 1.49. The summed E-state index contributed by atoms with van der Waals surface area (Å²) in [4.78, 5) is 24.5. The summed E-state index contributed by atoms with van der Waals surface area (Å²) < 4.78 is 0. The zero-order chi connectivity index (χ0) is 13.1. The number of carboxylic acids is 1. The number of halogens is 1. The van der Waals surface area contributed by atoms with E-state index >= 15 is 0 Å². The van der Waals surface area contributed by atoms with Crippen LogP contribution in [0.2, 0.25) is 5.02 Å². The highest BCUT2D eigenvalue weighted by atomic mass is 35.5. The fourth-order valence-electron chi connectivity index (χ4n) is 2.25. The van der Waals surface area contributed by atoms with Gasteiger partial charge in [-0.15, -0.1) is 0 Å². The minimum absolute atomic E-state index is 0.151. The van der Waals surface area contributed by atoms with Gasteiger partial charge in [-0.3, -0.25) is 4.79 Å². The summed E-state index contributed by atoms with van der Waals surface area (Å²) in [5.41, 5.74) is 0.809. The number of hydrogen-bond acceptors (Lipinski definition) is 2. The van der Waals surface area contributed by atoms with Gasteiger partial charge in [0.2, 0.25) is 5.91 Å². The van der Waals surface area contributed by atoms with E-state index in [2.05, 4.69) is 0 Å². The van der Waals surface area contributed by atoms with E-state index in [4.69, 9.17) is 16.7 Å². The fourth-order valence-corrected chi connectivity index (χ4v) is 2.46. The van der Waals surface area contributed by atoms with Crippen molar-refractivity contribution in [3.63, 3.8) is 0 Å². The Balaban J connectivity index is 2.06. The molecule has 5 heteroatoms. The Hall–Kier alpha value is -1.55. The van der Waals surface area contributed by atoms with Crippen LogP contribution in [0.25, 0.3) is 0 Å². The lowest BCUT2D eigenvalue weighted by Gasteiger charge is -2.21. The van der Waals surface area contributed by atoms with Crippen molar-refractivity contribution in [3.05, 3.63) is 34.9 Å². The van der Waals surface area contributed by atoms with Crippen LogP contribution in [0, 0.1) is 0 Å². The Morgan fingerprint density at radius 3 is 2.89 bits per heavy atom. The first-order chi connectivity index (χ1) is 8.58. The number of carbonyl (C=O) groups is 2. The van der Waals surface area contributed by atoms with Crippen molar-refractivity contribution >= 4 is 23.5 Å². The molecule has 4 nitrogen and oxygen atoms in total. The fraction of sp³-hybridized carbons (Fsp3) is 0.385. The van der Waals surface area contributed by atoms with Gasteiger partial charge in [0, 0.05) is 11.6 Å². The molecular formula is C13H14ClNO3. The summed E-state index contributed by atoms with van der Waals surface area (Å²) in [6, 6.07) is 6.40. The van der Waals surface area contributed by atoms with Crippen molar-refractivity contribution < 1.29 is 14.7 Å². The second-order valence-electron chi connectivity index (χ2n) is 4.39. The van der Waals surface area contributed by atoms with Gasteiger partial charge in [-0.05, 0) is 30.5 Å². The van der Waals surface area contributed by atoms with Crippen LogP contribution < -0.4 is 0 Å². The number of carboxylic acid groups (broad SMARTS) is 1. The molecule has 0 saturated carbocycles. The summed E-state index contributed by atoms with van der Waals surface area (Å²) in [7, 11) is 0. The molecular weight excluding hydrogens is 254 g/mol. The number of amides is 1. The lowest BCUT2D eigenvalue weighted by Crippen LogP contribution is -2.41. The van der Waals surface area contributed by atoms with E-state index in [0.717, 1.165) is 12.0 Å². The van der Waals surface area contributed by atoms with Gasteiger partial charge in [0.15, 0.2) is 0 Å². The van der Waals surface area contributed by atoms with Crippen LogP contribution in [0.4, 0.5) is 0 Å². The van der Waals surface area contributed by atoms with Crippen LogP contribution in [0.5, 0.6) is 0 Å². The van der Waals surface area contributed by atoms with E-state index in [0.29, 0.717) is 18.0 Å². The normalized spacial score (nSPS) is 18.9. The van der Waals surface area contributed by atoms with Crippen LogP contribution in [0.15, 0.2) is 24.3 Å². The smallest absolute Gasteiger partial charge is 0.326 e. The van der Waals surface area contributed by atoms with E-state index in [1.54, 1.807) is 18.2 Å². The van der Waals surface area contributed by atoms with Crippen LogP contribution in [0.3, 0.4) is 0 Å². The van der Waals surface area contributed by atoms with Crippen molar-refractivity contribution in [1.29, 1.82) is 0 Å². The first-order valence-corrected chi connectivity index (χ1v) is 6.22. The van der Waals surface area contributed by atoms with Crippen LogP contribution in [0.1, 0.15) is 18.4 Å². The summed E-state index contributed by atoms with van der Waals surface area (Å²) >= 11 is 5.85. The van der Waals surface area contributed by atoms with Gasteiger partial charge in [-0.2, -0.15) is 0 Å². The number of rotatable bonds is 3. The standard InChI is InChI=1S/C13H14ClNO3/c14-10-4-1-3-9(7-10)8-12(16)15-6-2-5-11(15)13(17)18/h1,3-4,7,11H,2,5-6,8H2,(H,17,18). The van der Waals surface area contributed by atoms with E-state index in [1.807, 2.05) is 6.07 Å². The second kappa shape index (κ2) is 5.40. The van der Waals surface area contributed by atoms with Gasteiger partial charge in [0.05, 0.1) is 6.42 Å². The predicted octanol–water partition coefficient (Wildman–Crippen LogP) is 1.96. The maximum Gasteiger partial charge on any atom is 0.326 e. The largest absolute Gasteiger partial charge is 0.480 e. The van der Waals surface area contributed by atoms with Crippen LogP contribution in [-0.2, 0) is 16.0 Å². The minimum Gasteiger partial charge on any atom is -0.480 e. The van der Waals surface area contributed by atoms with Gasteiger partial charge >= 0.3 is 5.97 Å². The molecule has 1 N–H and O–H groups in total. The second-order valence-corrected chi connectivity index (χ2v) is 4.83. The predicted molar refractivity (Wildman–Crippen MR) is 67.5 cm³/mol. The van der Waals surface area contributed by atoms with Crippen molar-refractivity contribution in [2.24, 2.45) is 0 Å². The van der Waals surface area contributed by atoms with Gasteiger partial charge < -0.3 is 10.0 Å². The van der Waals surface area contributed by atoms with Crippen molar-refractivity contribution in [2.45, 2.75) is 25.3 Å². The summed E-state index contributed by atoms with van der Waals surface area (Å²) in [6.45, 7) is 0.524. The third-order valence-corrected chi connectivity index (χ3v) is 3.34. The highest BCUT2D eigenvalue weighted by Crippen LogP contribution is 2.19. The quantitative estimate of drug-likeness (QED) is 0.911. The highest BCUT2D eigenvalue weighted by molar-refractivity contribution is 6.30. The Bertz CT molecular complexity index is 475. The molecule has 0 spiro atoms. The van der Waals surface area contributed by atoms with Gasteiger partial charge in [0.25, 0.3) is 0 Å². The molecule has 1 unspecified atom stereocenters. The first kappa shape index (κ1) is 12.9. The first-order valence-electron chi connectivity index (χ1n) is 5.84. The number of nitrogens with zero attached hydrogens (tertiary/aromatic N) is 1. The molecule has 1 aromatic rings. The van der Waals surface area contributed by atoms with Crippen LogP contribution >= 0.6 is 11.6 Å². The van der Waals surface area contributed by atoms with E-state index < -0.39 is 12.0 Å². The molecule has 1 fully saturated rings. The lowest BCUT2D eigenvalue weighted by molar-refractivity contribution is -0.148. The number of hydrogen-bond donors (Lipinski definition) is 1. The van der Waals surface area contributed by atoms with Gasteiger partial charge in [0.1, 0.15) is 6.04 Å². The SMILES string of the molecule is O=C(O)C1CCCN1C(=O)Cc1cccc(Cl)c1. The Morgan fingerprint density at radius 2 is 2.22 bits per heavy atom. The Labute approximate surface area is 110 Å². The number of carbonyl (C=O) groups excluding carboxylic acids is 1. The van der Waals surface area contributed by atoms with E-state index in [9.17, 15) is 9.59 Å². The zero-order valence-electron chi connectivity index (χ0n) is 9.80. The third kappa shape index (κ3) is 2.82. The summed E-state index contributed by atoms with van der Waals surface area (Å²) in [5, 5.41) is 9.61. The molecule has 18 heavy (non-hydrogen) atoms. The maximum atomic E-state index is 12.1. The van der Waals surface area contributed by atoms with E-state index in [1.165, 1.54) is 4.90 Å². The molecule has 0 radical (unpaired) electrons. The number of aliphatic carboxylic acids is 1. The lowest BCUT2D eigenvalue weighted by atomic mass is 10.1. The molecule has 1 amide bonds. The van der Waals surface area contributed by atoms with Crippen molar-refractivity contribution in [2.75, 3.05) is 6.54 Å². The van der Waals surface area contributed by atoms with Gasteiger partial charge in [-0.25, -0.2) is 4.79 Å². The van der Waals surface area contributed by atoms with Crippen molar-refractivity contribution in [3.8, 4) is 0 Å². The van der Waals surface area contributed by atoms with Crippen LogP contribution in [-0.4, -0.2) is 34.5 Å². The molecule has 0 aromatic heterocycles. The Morgan fingerprint density at radius 1 is 1.44 bits per heavy atom. The monoisotopic (exact) mass is 267 g/mol. The molecule has 0 bridgehead atoms. The average Bonchev–Trinajstić information content (AvgIpc) is 2.77. The molecule has 1 saturated heterocycles. The minimum atomic E-state index is -0.924. The molecule has 1 heterocycles. The van der Waals surface area contributed by atoms with E-state index in [-0.39, 0.29) is 12.3 Å². The molecule has 2 rings (SSSR count).